The molecule has 2 amide bonds. The molecule has 29 heavy (non-hydrogen) atoms. The topological polar surface area (TPSA) is 56.3 Å². The first-order valence-corrected chi connectivity index (χ1v) is 10.8. The lowest BCUT2D eigenvalue weighted by Crippen LogP contribution is -2.54. The van der Waals surface area contributed by atoms with E-state index in [2.05, 4.69) is 9.80 Å². The average molecular weight is 403 g/mol. The van der Waals surface area contributed by atoms with Crippen LogP contribution in [0.4, 0.5) is 0 Å². The van der Waals surface area contributed by atoms with E-state index >= 15 is 0 Å². The summed E-state index contributed by atoms with van der Waals surface area (Å²) >= 11 is 0. The van der Waals surface area contributed by atoms with Crippen molar-refractivity contribution in [3.05, 3.63) is 35.9 Å². The predicted octanol–water partition coefficient (Wildman–Crippen LogP) is 1.07. The van der Waals surface area contributed by atoms with Gasteiger partial charge in [0.15, 0.2) is 0 Å². The molecule has 2 aliphatic rings. The molecule has 3 rings (SSSR count). The Balaban J connectivity index is 1.63. The smallest absolute Gasteiger partial charge is 0.244 e. The van der Waals surface area contributed by atoms with Crippen molar-refractivity contribution in [1.82, 2.24) is 19.6 Å². The predicted molar refractivity (Wildman–Crippen MR) is 113 cm³/mol. The van der Waals surface area contributed by atoms with Crippen molar-refractivity contribution in [3.8, 4) is 0 Å². The minimum atomic E-state index is -0.285. The van der Waals surface area contributed by atoms with Crippen LogP contribution >= 0.6 is 0 Å². The lowest BCUT2D eigenvalue weighted by molar-refractivity contribution is -0.140. The zero-order chi connectivity index (χ0) is 20.6. The molecule has 0 radical (unpaired) electrons. The van der Waals surface area contributed by atoms with Crippen LogP contribution < -0.4 is 0 Å². The Morgan fingerprint density at radius 2 is 1.59 bits per heavy atom. The zero-order valence-corrected chi connectivity index (χ0v) is 17.8. The third-order valence-electron chi connectivity index (χ3n) is 5.92. The first kappa shape index (κ1) is 21.7. The molecular weight excluding hydrogens is 368 g/mol. The van der Waals surface area contributed by atoms with Crippen molar-refractivity contribution in [2.24, 2.45) is 0 Å². The van der Waals surface area contributed by atoms with Crippen LogP contribution in [-0.4, -0.2) is 104 Å². The van der Waals surface area contributed by atoms with Gasteiger partial charge in [-0.1, -0.05) is 30.3 Å². The third-order valence-corrected chi connectivity index (χ3v) is 5.92. The summed E-state index contributed by atoms with van der Waals surface area (Å²) in [7, 11) is 0. The van der Waals surface area contributed by atoms with E-state index in [-0.39, 0.29) is 17.9 Å². The molecule has 0 bridgehead atoms. The number of rotatable bonds is 7. The van der Waals surface area contributed by atoms with Gasteiger partial charge in [0.25, 0.3) is 0 Å². The molecule has 0 N–H and O–H groups in total. The number of carbonyl (C=O) groups is 2. The fourth-order valence-corrected chi connectivity index (χ4v) is 4.13. The Morgan fingerprint density at radius 3 is 2.17 bits per heavy atom. The van der Waals surface area contributed by atoms with E-state index in [1.807, 2.05) is 54.0 Å². The van der Waals surface area contributed by atoms with Crippen LogP contribution in [0.25, 0.3) is 0 Å². The number of piperazine rings is 1. The lowest BCUT2D eigenvalue weighted by Gasteiger charge is -2.40. The fraction of sp³-hybridized carbons (Fsp3) is 0.636. The van der Waals surface area contributed by atoms with Gasteiger partial charge in [-0.2, -0.15) is 0 Å². The van der Waals surface area contributed by atoms with Gasteiger partial charge >= 0.3 is 0 Å². The molecule has 2 heterocycles. The summed E-state index contributed by atoms with van der Waals surface area (Å²) < 4.78 is 5.36. The minimum Gasteiger partial charge on any atom is -0.379 e. The van der Waals surface area contributed by atoms with Crippen LogP contribution in [0.5, 0.6) is 0 Å². The van der Waals surface area contributed by atoms with Crippen LogP contribution in [0.1, 0.15) is 25.5 Å². The number of hydrogen-bond acceptors (Lipinski definition) is 5. The van der Waals surface area contributed by atoms with Crippen LogP contribution in [0.15, 0.2) is 30.3 Å². The highest BCUT2D eigenvalue weighted by Crippen LogP contribution is 2.25. The van der Waals surface area contributed by atoms with Crippen LogP contribution in [0.2, 0.25) is 0 Å². The van der Waals surface area contributed by atoms with E-state index in [1.165, 1.54) is 0 Å². The number of ether oxygens (including phenoxy) is 1. The van der Waals surface area contributed by atoms with Crippen LogP contribution in [0, 0.1) is 0 Å². The van der Waals surface area contributed by atoms with E-state index in [4.69, 9.17) is 4.74 Å². The van der Waals surface area contributed by atoms with Crippen molar-refractivity contribution >= 4 is 11.8 Å². The molecule has 2 saturated heterocycles. The summed E-state index contributed by atoms with van der Waals surface area (Å²) in [6.07, 6.45) is 0. The zero-order valence-electron chi connectivity index (χ0n) is 17.8. The van der Waals surface area contributed by atoms with Crippen LogP contribution in [-0.2, 0) is 14.3 Å². The number of hydrogen-bond donors (Lipinski definition) is 0. The van der Waals surface area contributed by atoms with Gasteiger partial charge in [-0.05, 0) is 19.4 Å². The molecular formula is C22H34N4O3. The van der Waals surface area contributed by atoms with Gasteiger partial charge in [0.1, 0.15) is 6.04 Å². The highest BCUT2D eigenvalue weighted by atomic mass is 16.5. The molecule has 0 aliphatic carbocycles. The van der Waals surface area contributed by atoms with E-state index in [0.29, 0.717) is 59.0 Å². The standard InChI is InChI=1S/C22H34N4O3/c1-3-24(4-2)22(28)21(19-8-6-5-7-9-19)26-12-10-25(11-13-26)20(27)18-23-14-16-29-17-15-23/h5-9,21H,3-4,10-18H2,1-2H3. The van der Waals surface area contributed by atoms with E-state index in [1.54, 1.807) is 0 Å². The van der Waals surface area contributed by atoms with Crippen molar-refractivity contribution in [2.45, 2.75) is 19.9 Å². The highest BCUT2D eigenvalue weighted by molar-refractivity contribution is 5.83. The summed E-state index contributed by atoms with van der Waals surface area (Å²) in [6, 6.07) is 9.72. The van der Waals surface area contributed by atoms with Crippen molar-refractivity contribution in [3.63, 3.8) is 0 Å². The Kier molecular flexibility index (Phi) is 8.03. The molecule has 1 unspecified atom stereocenters. The maximum atomic E-state index is 13.3. The second-order valence-corrected chi connectivity index (χ2v) is 7.63. The molecule has 0 spiro atoms. The molecule has 1 aromatic carbocycles. The molecule has 7 nitrogen and oxygen atoms in total. The van der Waals surface area contributed by atoms with Gasteiger partial charge in [-0.25, -0.2) is 0 Å². The molecule has 160 valence electrons. The summed E-state index contributed by atoms with van der Waals surface area (Å²) in [5.41, 5.74) is 1.03. The van der Waals surface area contributed by atoms with Gasteiger partial charge < -0.3 is 14.5 Å². The van der Waals surface area contributed by atoms with Crippen molar-refractivity contribution < 1.29 is 14.3 Å². The van der Waals surface area contributed by atoms with E-state index in [9.17, 15) is 9.59 Å². The van der Waals surface area contributed by atoms with Gasteiger partial charge in [0, 0.05) is 52.4 Å². The van der Waals surface area contributed by atoms with Crippen molar-refractivity contribution in [2.75, 3.05) is 72.1 Å². The Hall–Kier alpha value is -1.96. The fourth-order valence-electron chi connectivity index (χ4n) is 4.13. The average Bonchev–Trinajstić information content (AvgIpc) is 2.77. The number of amides is 2. The molecule has 0 saturated carbocycles. The summed E-state index contributed by atoms with van der Waals surface area (Å²) in [6.45, 7) is 11.7. The second kappa shape index (κ2) is 10.7. The first-order valence-electron chi connectivity index (χ1n) is 10.8. The summed E-state index contributed by atoms with van der Waals surface area (Å²) in [4.78, 5) is 34.2. The molecule has 1 atom stereocenters. The molecule has 1 aromatic rings. The summed E-state index contributed by atoms with van der Waals surface area (Å²) in [5, 5.41) is 0. The second-order valence-electron chi connectivity index (χ2n) is 7.63. The third kappa shape index (κ3) is 5.56. The maximum Gasteiger partial charge on any atom is 0.244 e. The largest absolute Gasteiger partial charge is 0.379 e. The number of nitrogens with zero attached hydrogens (tertiary/aromatic N) is 4. The molecule has 0 aromatic heterocycles. The Labute approximate surface area is 174 Å². The van der Waals surface area contributed by atoms with E-state index in [0.717, 1.165) is 18.7 Å². The van der Waals surface area contributed by atoms with Gasteiger partial charge in [0.2, 0.25) is 11.8 Å². The monoisotopic (exact) mass is 402 g/mol. The van der Waals surface area contributed by atoms with Crippen LogP contribution in [0.3, 0.4) is 0 Å². The number of benzene rings is 1. The van der Waals surface area contributed by atoms with Crippen molar-refractivity contribution in [1.29, 1.82) is 0 Å². The number of likely N-dealkylation sites (N-methyl/N-ethyl adjacent to an activating group) is 1. The van der Waals surface area contributed by atoms with Gasteiger partial charge in [0.05, 0.1) is 19.8 Å². The Bertz CT molecular complexity index is 651. The molecule has 7 heteroatoms. The SMILES string of the molecule is CCN(CC)C(=O)C(c1ccccc1)N1CCN(C(=O)CN2CCOCC2)CC1. The van der Waals surface area contributed by atoms with Gasteiger partial charge in [-0.15, -0.1) is 0 Å². The maximum absolute atomic E-state index is 13.3. The minimum absolute atomic E-state index is 0.147. The quantitative estimate of drug-likeness (QED) is 0.683. The molecule has 2 aliphatic heterocycles. The van der Waals surface area contributed by atoms with E-state index < -0.39 is 0 Å². The molecule has 2 fully saturated rings. The normalized spacial score (nSPS) is 19.7. The first-order chi connectivity index (χ1) is 14.1. The van der Waals surface area contributed by atoms with Gasteiger partial charge in [-0.3, -0.25) is 19.4 Å². The number of morpholine rings is 1. The number of carbonyl (C=O) groups excluding carboxylic acids is 2. The Morgan fingerprint density at radius 1 is 0.966 bits per heavy atom. The lowest BCUT2D eigenvalue weighted by atomic mass is 10.0. The summed E-state index contributed by atoms with van der Waals surface area (Å²) in [5.74, 6) is 0.326. The highest BCUT2D eigenvalue weighted by Gasteiger charge is 2.33.